The predicted octanol–water partition coefficient (Wildman–Crippen LogP) is 4.01. The second-order valence-corrected chi connectivity index (χ2v) is 9.24. The maximum atomic E-state index is 12.9. The molecule has 1 saturated carbocycles. The van der Waals surface area contributed by atoms with E-state index in [1.807, 2.05) is 0 Å². The molecule has 0 amide bonds. The van der Waals surface area contributed by atoms with Crippen molar-refractivity contribution in [3.63, 3.8) is 0 Å². The summed E-state index contributed by atoms with van der Waals surface area (Å²) in [5.41, 5.74) is 0. The molecule has 0 bridgehead atoms. The van der Waals surface area contributed by atoms with Crippen LogP contribution in [-0.4, -0.2) is 31.3 Å². The third-order valence-corrected chi connectivity index (χ3v) is 9.71. The Morgan fingerprint density at radius 1 is 0.737 bits per heavy atom. The molecule has 0 aromatic carbocycles. The lowest BCUT2D eigenvalue weighted by atomic mass is 10.9. The van der Waals surface area contributed by atoms with Crippen molar-refractivity contribution in [2.24, 2.45) is 0 Å². The van der Waals surface area contributed by atoms with Crippen LogP contribution in [0.15, 0.2) is 0 Å². The van der Waals surface area contributed by atoms with Gasteiger partial charge in [-0.25, -0.2) is 0 Å². The molecule has 114 valence electrons. The van der Waals surface area contributed by atoms with E-state index in [0.29, 0.717) is 12.8 Å². The highest BCUT2D eigenvalue weighted by Gasteiger charge is 2.73. The summed E-state index contributed by atoms with van der Waals surface area (Å²) in [5, 5.41) is 0. The molecule has 0 aliphatic heterocycles. The Morgan fingerprint density at radius 3 is 1.16 bits per heavy atom. The zero-order chi connectivity index (χ0) is 14.6. The van der Waals surface area contributed by atoms with E-state index < -0.39 is 20.1 Å². The third-order valence-electron chi connectivity index (χ3n) is 2.91. The molecule has 8 heteroatoms. The summed E-state index contributed by atoms with van der Waals surface area (Å²) in [4.78, 5) is -1.11. The molecule has 1 aliphatic rings. The van der Waals surface area contributed by atoms with Crippen molar-refractivity contribution in [3.05, 3.63) is 0 Å². The summed E-state index contributed by atoms with van der Waals surface area (Å²) < 4.78 is 47.2. The maximum Gasteiger partial charge on any atom is 0.348 e. The molecular formula is C11H24O6P2. The van der Waals surface area contributed by atoms with Gasteiger partial charge in [-0.3, -0.25) is 9.13 Å². The molecule has 0 radical (unpaired) electrons. The lowest BCUT2D eigenvalue weighted by Gasteiger charge is -2.31. The van der Waals surface area contributed by atoms with Gasteiger partial charge in [0.15, 0.2) is 4.90 Å². The molecule has 0 unspecified atom stereocenters. The quantitative estimate of drug-likeness (QED) is 0.567. The zero-order valence-corrected chi connectivity index (χ0v) is 13.9. The lowest BCUT2D eigenvalue weighted by molar-refractivity contribution is 0.192. The first-order valence-electron chi connectivity index (χ1n) is 6.73. The third kappa shape index (κ3) is 3.15. The summed E-state index contributed by atoms with van der Waals surface area (Å²) in [7, 11) is -7.01. The molecule has 0 aromatic heterocycles. The minimum Gasteiger partial charge on any atom is -0.308 e. The van der Waals surface area contributed by atoms with Crippen LogP contribution in [0.5, 0.6) is 0 Å². The van der Waals surface area contributed by atoms with Crippen LogP contribution in [0.3, 0.4) is 0 Å². The lowest BCUT2D eigenvalue weighted by Crippen LogP contribution is -2.18. The first kappa shape index (κ1) is 17.4. The van der Waals surface area contributed by atoms with E-state index in [9.17, 15) is 9.13 Å². The molecule has 1 rings (SSSR count). The highest BCUT2D eigenvalue weighted by Crippen LogP contribution is 2.87. The second-order valence-electron chi connectivity index (χ2n) is 4.15. The molecular weight excluding hydrogens is 290 g/mol. The summed E-state index contributed by atoms with van der Waals surface area (Å²) in [6.45, 7) is 7.85. The average Bonchev–Trinajstić information content (AvgIpc) is 3.12. The fourth-order valence-corrected chi connectivity index (χ4v) is 7.73. The Labute approximate surface area is 115 Å². The Kier molecular flexibility index (Phi) is 6.25. The van der Waals surface area contributed by atoms with Crippen molar-refractivity contribution in [3.8, 4) is 0 Å². The van der Waals surface area contributed by atoms with Gasteiger partial charge in [-0.2, -0.15) is 0 Å². The number of hydrogen-bond acceptors (Lipinski definition) is 6. The van der Waals surface area contributed by atoms with Gasteiger partial charge in [0.25, 0.3) is 0 Å². The van der Waals surface area contributed by atoms with Crippen LogP contribution in [0.4, 0.5) is 0 Å². The topological polar surface area (TPSA) is 71.1 Å². The van der Waals surface area contributed by atoms with Gasteiger partial charge in [-0.1, -0.05) is 0 Å². The van der Waals surface area contributed by atoms with Gasteiger partial charge >= 0.3 is 15.2 Å². The summed E-state index contributed by atoms with van der Waals surface area (Å²) in [5.74, 6) is 0. The molecule has 6 nitrogen and oxygen atoms in total. The van der Waals surface area contributed by atoms with Crippen molar-refractivity contribution in [2.75, 3.05) is 26.4 Å². The van der Waals surface area contributed by atoms with Crippen LogP contribution < -0.4 is 0 Å². The Bertz CT molecular complexity index is 327. The number of hydrogen-bond donors (Lipinski definition) is 0. The van der Waals surface area contributed by atoms with Crippen molar-refractivity contribution in [1.82, 2.24) is 0 Å². The van der Waals surface area contributed by atoms with E-state index in [4.69, 9.17) is 18.1 Å². The Balaban J connectivity index is 3.11. The first-order valence-corrected chi connectivity index (χ1v) is 9.82. The highest BCUT2D eigenvalue weighted by atomic mass is 31.2. The smallest absolute Gasteiger partial charge is 0.308 e. The van der Waals surface area contributed by atoms with E-state index >= 15 is 0 Å². The van der Waals surface area contributed by atoms with Crippen molar-refractivity contribution in [1.29, 1.82) is 0 Å². The molecule has 0 aromatic rings. The molecule has 0 saturated heterocycles. The normalized spacial score (nSPS) is 18.5. The van der Waals surface area contributed by atoms with Gasteiger partial charge in [0.2, 0.25) is 0 Å². The van der Waals surface area contributed by atoms with Gasteiger partial charge in [0.1, 0.15) is 0 Å². The average molecular weight is 314 g/mol. The van der Waals surface area contributed by atoms with Gasteiger partial charge in [0, 0.05) is 0 Å². The standard InChI is InChI=1S/C11H24O6P2/c1-5-14-18(12,15-6-2)11(9-10-11)19(13,16-7-3)17-8-4/h5-10H2,1-4H3. The maximum absolute atomic E-state index is 12.9. The highest BCUT2D eigenvalue weighted by molar-refractivity contribution is 7.74. The van der Waals surface area contributed by atoms with Crippen molar-refractivity contribution < 1.29 is 27.2 Å². The van der Waals surface area contributed by atoms with Crippen molar-refractivity contribution >= 4 is 15.2 Å². The summed E-state index contributed by atoms with van der Waals surface area (Å²) in [6, 6.07) is 0. The van der Waals surface area contributed by atoms with Crippen LogP contribution in [0.1, 0.15) is 40.5 Å². The fourth-order valence-electron chi connectivity index (χ4n) is 2.04. The minimum absolute atomic E-state index is 0.233. The molecule has 0 heterocycles. The van der Waals surface area contributed by atoms with E-state index in [2.05, 4.69) is 0 Å². The van der Waals surface area contributed by atoms with Gasteiger partial charge in [-0.05, 0) is 40.5 Å². The van der Waals surface area contributed by atoms with E-state index in [1.165, 1.54) is 0 Å². The van der Waals surface area contributed by atoms with Gasteiger partial charge < -0.3 is 18.1 Å². The summed E-state index contributed by atoms with van der Waals surface area (Å²) in [6.07, 6.45) is 0.948. The SMILES string of the molecule is CCOP(=O)(OCC)C1(P(=O)(OCC)OCC)CC1. The van der Waals surface area contributed by atoms with Crippen LogP contribution in [0, 0.1) is 0 Å². The molecule has 1 fully saturated rings. The largest absolute Gasteiger partial charge is 0.348 e. The zero-order valence-electron chi connectivity index (χ0n) is 12.1. The molecule has 19 heavy (non-hydrogen) atoms. The minimum atomic E-state index is -3.51. The van der Waals surface area contributed by atoms with Gasteiger partial charge in [-0.15, -0.1) is 0 Å². The monoisotopic (exact) mass is 314 g/mol. The first-order chi connectivity index (χ1) is 8.95. The van der Waals surface area contributed by atoms with Crippen molar-refractivity contribution in [2.45, 2.75) is 45.4 Å². The van der Waals surface area contributed by atoms with Crippen LogP contribution in [0.2, 0.25) is 0 Å². The van der Waals surface area contributed by atoms with Crippen LogP contribution in [-0.2, 0) is 27.2 Å². The predicted molar refractivity (Wildman–Crippen MR) is 73.7 cm³/mol. The molecule has 0 spiro atoms. The second kappa shape index (κ2) is 6.84. The van der Waals surface area contributed by atoms with Crippen LogP contribution in [0.25, 0.3) is 0 Å². The van der Waals surface area contributed by atoms with E-state index in [-0.39, 0.29) is 26.4 Å². The molecule has 0 N–H and O–H groups in total. The fraction of sp³-hybridized carbons (Fsp3) is 1.00. The van der Waals surface area contributed by atoms with E-state index in [0.717, 1.165) is 0 Å². The Hall–Kier alpha value is 0.300. The van der Waals surface area contributed by atoms with E-state index in [1.54, 1.807) is 27.7 Å². The Morgan fingerprint density at radius 2 is 1.00 bits per heavy atom. The molecule has 1 aliphatic carbocycles. The summed E-state index contributed by atoms with van der Waals surface area (Å²) >= 11 is 0. The van der Waals surface area contributed by atoms with Crippen LogP contribution >= 0.6 is 15.2 Å². The number of rotatable bonds is 10. The molecule has 0 atom stereocenters. The van der Waals surface area contributed by atoms with Gasteiger partial charge in [0.05, 0.1) is 26.4 Å².